The van der Waals surface area contributed by atoms with Gasteiger partial charge in [0.05, 0.1) is 10.3 Å². The van der Waals surface area contributed by atoms with Crippen LogP contribution in [0.4, 0.5) is 0 Å². The number of hydrogen-bond acceptors (Lipinski definition) is 4. The summed E-state index contributed by atoms with van der Waals surface area (Å²) < 4.78 is 0.128. The fourth-order valence-electron chi connectivity index (χ4n) is 0.387. The molecule has 0 aromatic heterocycles. The molecule has 0 radical (unpaired) electrons. The number of amides is 1. The van der Waals surface area contributed by atoms with E-state index in [2.05, 4.69) is 34.9 Å². The molecule has 0 aliphatic rings. The van der Waals surface area contributed by atoms with E-state index in [1.807, 2.05) is 0 Å². The molecule has 0 spiro atoms. The molecule has 0 aromatic rings. The first-order chi connectivity index (χ1) is 5.56. The van der Waals surface area contributed by atoms with E-state index in [1.54, 1.807) is 0 Å². The zero-order valence-corrected chi connectivity index (χ0v) is 7.98. The van der Waals surface area contributed by atoms with Crippen LogP contribution < -0.4 is 5.32 Å². The van der Waals surface area contributed by atoms with Crippen LogP contribution >= 0.6 is 24.4 Å². The highest BCUT2D eigenvalue weighted by molar-refractivity contribution is 8.34. The van der Waals surface area contributed by atoms with E-state index in [0.717, 1.165) is 11.8 Å². The first kappa shape index (κ1) is 11.2. The predicted octanol–water partition coefficient (Wildman–Crippen LogP) is 1.29. The lowest BCUT2D eigenvalue weighted by molar-refractivity contribution is -0.118. The minimum Gasteiger partial charge on any atom is -0.321 e. The zero-order chi connectivity index (χ0) is 9.56. The first-order valence-electron chi connectivity index (χ1n) is 2.80. The average molecular weight is 205 g/mol. The Hall–Kier alpha value is -0.820. The summed E-state index contributed by atoms with van der Waals surface area (Å²) in [6.45, 7) is 4.82. The van der Waals surface area contributed by atoms with E-state index >= 15 is 0 Å². The fraction of sp³-hybridized carbons (Fsp3) is 0.200. The van der Waals surface area contributed by atoms with Crippen molar-refractivity contribution in [3.05, 3.63) is 16.5 Å². The highest BCUT2D eigenvalue weighted by Gasteiger charge is 2.00. The summed E-state index contributed by atoms with van der Waals surface area (Å²) in [5.74, 6) is -0.243. The van der Waals surface area contributed by atoms with Crippen LogP contribution in [0.3, 0.4) is 0 Å². The van der Waals surface area contributed by atoms with Gasteiger partial charge in [-0.3, -0.25) is 4.79 Å². The number of nitrogens with one attached hydrogen (secondary N) is 1. The molecule has 1 amide bonds. The minimum absolute atomic E-state index is 0.128. The molecule has 0 aliphatic heterocycles. The van der Waals surface area contributed by atoms with Crippen molar-refractivity contribution in [3.8, 4) is 0 Å². The highest BCUT2D eigenvalue weighted by Crippen LogP contribution is 2.15. The van der Waals surface area contributed by atoms with Gasteiger partial charge in [0.15, 0.2) is 4.38 Å². The summed E-state index contributed by atoms with van der Waals surface area (Å²) in [7, 11) is 0. The standard InChI is InChI=1S/C5H7N3O2S2/c1-3(9)6-4(2)12-5(11)7-8-10/h2H2,1H3,(H,6,9)(H,7,10,11). The number of carbonyl (C=O) groups excluding carboxylic acids is 1. The lowest BCUT2D eigenvalue weighted by Gasteiger charge is -2.01. The normalized spacial score (nSPS) is 10.7. The molecule has 5 nitrogen and oxygen atoms in total. The average Bonchev–Trinajstić information content (AvgIpc) is 1.84. The maximum atomic E-state index is 10.5. The number of thiol groups is 1. The van der Waals surface area contributed by atoms with Gasteiger partial charge in [-0.1, -0.05) is 11.7 Å². The van der Waals surface area contributed by atoms with Crippen LogP contribution in [0.2, 0.25) is 0 Å². The molecule has 0 aliphatic carbocycles. The Morgan fingerprint density at radius 2 is 2.25 bits per heavy atom. The molecule has 0 aromatic carbocycles. The van der Waals surface area contributed by atoms with Crippen LogP contribution in [0, 0.1) is 4.91 Å². The quantitative estimate of drug-likeness (QED) is 0.240. The summed E-state index contributed by atoms with van der Waals surface area (Å²) in [6.07, 6.45) is 0. The number of thioether (sulfide) groups is 1. The largest absolute Gasteiger partial charge is 0.321 e. The Bertz CT molecular complexity index is 239. The van der Waals surface area contributed by atoms with Crippen LogP contribution in [0.1, 0.15) is 6.92 Å². The Balaban J connectivity index is 3.92. The van der Waals surface area contributed by atoms with Gasteiger partial charge in [0, 0.05) is 6.92 Å². The number of nitrogens with zero attached hydrogens (tertiary/aromatic N) is 2. The molecule has 0 fully saturated rings. The summed E-state index contributed by atoms with van der Waals surface area (Å²) >= 11 is 4.73. The van der Waals surface area contributed by atoms with Crippen molar-refractivity contribution in [1.29, 1.82) is 0 Å². The van der Waals surface area contributed by atoms with Gasteiger partial charge in [0.25, 0.3) is 0 Å². The van der Waals surface area contributed by atoms with Gasteiger partial charge in [0.1, 0.15) is 0 Å². The van der Waals surface area contributed by atoms with Crippen molar-refractivity contribution in [3.63, 3.8) is 0 Å². The SMILES string of the molecule is C=C(NC(C)=O)S/C(S)=N\N=O. The Morgan fingerprint density at radius 1 is 1.67 bits per heavy atom. The van der Waals surface area contributed by atoms with E-state index in [0.29, 0.717) is 5.03 Å². The smallest absolute Gasteiger partial charge is 0.221 e. The van der Waals surface area contributed by atoms with Crippen molar-refractivity contribution in [2.75, 3.05) is 0 Å². The minimum atomic E-state index is -0.243. The van der Waals surface area contributed by atoms with Gasteiger partial charge < -0.3 is 5.32 Å². The summed E-state index contributed by atoms with van der Waals surface area (Å²) in [5, 5.41) is 8.06. The van der Waals surface area contributed by atoms with Gasteiger partial charge in [-0.15, -0.1) is 17.5 Å². The van der Waals surface area contributed by atoms with Gasteiger partial charge >= 0.3 is 0 Å². The molecular formula is C5H7N3O2S2. The molecule has 0 saturated heterocycles. The lowest BCUT2D eigenvalue weighted by atomic mass is 10.7. The molecule has 0 saturated carbocycles. The molecule has 0 rings (SSSR count). The second kappa shape index (κ2) is 5.78. The van der Waals surface area contributed by atoms with Crippen molar-refractivity contribution in [2.45, 2.75) is 6.92 Å². The molecule has 66 valence electrons. The van der Waals surface area contributed by atoms with Crippen molar-refractivity contribution < 1.29 is 4.79 Å². The van der Waals surface area contributed by atoms with Crippen LogP contribution in [0.5, 0.6) is 0 Å². The maximum Gasteiger partial charge on any atom is 0.221 e. The molecule has 1 N–H and O–H groups in total. The van der Waals surface area contributed by atoms with E-state index in [1.165, 1.54) is 6.92 Å². The van der Waals surface area contributed by atoms with Gasteiger partial charge in [-0.25, -0.2) is 0 Å². The monoisotopic (exact) mass is 205 g/mol. The van der Waals surface area contributed by atoms with Gasteiger partial charge in [-0.05, 0) is 11.8 Å². The topological polar surface area (TPSA) is 70.9 Å². The second-order valence-corrected chi connectivity index (χ2v) is 3.48. The lowest BCUT2D eigenvalue weighted by Crippen LogP contribution is -2.16. The Morgan fingerprint density at radius 3 is 2.67 bits per heavy atom. The highest BCUT2D eigenvalue weighted by atomic mass is 32.2. The summed E-state index contributed by atoms with van der Waals surface area (Å²) in [4.78, 5) is 20.1. The van der Waals surface area contributed by atoms with E-state index < -0.39 is 0 Å². The summed E-state index contributed by atoms with van der Waals surface area (Å²) in [5.41, 5.74) is 0. The molecule has 0 atom stereocenters. The number of carbonyl (C=O) groups is 1. The molecule has 0 heterocycles. The van der Waals surface area contributed by atoms with E-state index in [9.17, 15) is 9.70 Å². The molecule has 12 heavy (non-hydrogen) atoms. The van der Waals surface area contributed by atoms with E-state index in [4.69, 9.17) is 0 Å². The summed E-state index contributed by atoms with van der Waals surface area (Å²) in [6, 6.07) is 0. The molecular weight excluding hydrogens is 198 g/mol. The van der Waals surface area contributed by atoms with Crippen LogP contribution in [0.15, 0.2) is 22.0 Å². The van der Waals surface area contributed by atoms with Crippen LogP contribution in [-0.4, -0.2) is 10.3 Å². The molecule has 7 heteroatoms. The maximum absolute atomic E-state index is 10.5. The van der Waals surface area contributed by atoms with Crippen molar-refractivity contribution in [2.24, 2.45) is 10.4 Å². The number of nitroso groups, excluding NO2 is 1. The van der Waals surface area contributed by atoms with Crippen LogP contribution in [-0.2, 0) is 4.79 Å². The van der Waals surface area contributed by atoms with Crippen molar-refractivity contribution >= 4 is 34.7 Å². The third-order valence-corrected chi connectivity index (χ3v) is 1.63. The molecule has 0 bridgehead atoms. The Kier molecular flexibility index (Phi) is 5.39. The van der Waals surface area contributed by atoms with Crippen molar-refractivity contribution in [1.82, 2.24) is 5.32 Å². The molecule has 0 unspecified atom stereocenters. The van der Waals surface area contributed by atoms with E-state index in [-0.39, 0.29) is 10.3 Å². The van der Waals surface area contributed by atoms with Gasteiger partial charge in [0.2, 0.25) is 5.91 Å². The third kappa shape index (κ3) is 5.93. The first-order valence-corrected chi connectivity index (χ1v) is 4.06. The third-order valence-electron chi connectivity index (χ3n) is 0.656. The second-order valence-electron chi connectivity index (χ2n) is 1.67. The predicted molar refractivity (Wildman–Crippen MR) is 52.8 cm³/mol. The fourth-order valence-corrected chi connectivity index (χ4v) is 1.24. The Labute approximate surface area is 79.1 Å². The van der Waals surface area contributed by atoms with Gasteiger partial charge in [-0.2, -0.15) is 0 Å². The van der Waals surface area contributed by atoms with Crippen LogP contribution in [0.25, 0.3) is 0 Å². The zero-order valence-electron chi connectivity index (χ0n) is 6.27. The number of rotatable bonds is 3. The number of hydrogen-bond donors (Lipinski definition) is 2.